The molecule has 1 aliphatic rings. The van der Waals surface area contributed by atoms with Crippen molar-refractivity contribution in [3.05, 3.63) is 35.4 Å². The number of halogens is 3. The highest BCUT2D eigenvalue weighted by Gasteiger charge is 2.42. The number of aliphatic carboxylic acids is 1. The minimum absolute atomic E-state index is 0.0274. The highest BCUT2D eigenvalue weighted by atomic mass is 19.4. The van der Waals surface area contributed by atoms with E-state index in [1.165, 1.54) is 12.1 Å². The molecule has 128 valence electrons. The van der Waals surface area contributed by atoms with E-state index in [-0.39, 0.29) is 13.0 Å². The van der Waals surface area contributed by atoms with Gasteiger partial charge in [0, 0.05) is 0 Å². The zero-order chi connectivity index (χ0) is 17.1. The van der Waals surface area contributed by atoms with Gasteiger partial charge in [0.1, 0.15) is 0 Å². The molecule has 4 nitrogen and oxygen atoms in total. The predicted molar refractivity (Wildman–Crippen MR) is 75.7 cm³/mol. The first kappa shape index (κ1) is 17.7. The maximum Gasteiger partial charge on any atom is 0.416 e. The van der Waals surface area contributed by atoms with Crippen LogP contribution in [0.1, 0.15) is 43.7 Å². The molecule has 1 unspecified atom stereocenters. The van der Waals surface area contributed by atoms with Crippen LogP contribution in [0.25, 0.3) is 0 Å². The molecule has 7 heteroatoms. The SMILES string of the molecule is CC(OCCC(=O)O)OC1(c2ccc(C(F)(F)F)cc2)CCC1. The number of ether oxygens (including phenoxy) is 2. The molecule has 2 rings (SSSR count). The Morgan fingerprint density at radius 2 is 1.91 bits per heavy atom. The molecule has 0 amide bonds. The van der Waals surface area contributed by atoms with E-state index in [0.29, 0.717) is 18.4 Å². The molecule has 0 aliphatic heterocycles. The van der Waals surface area contributed by atoms with E-state index in [9.17, 15) is 18.0 Å². The molecule has 1 aliphatic carbocycles. The third-order valence-electron chi connectivity index (χ3n) is 3.96. The highest BCUT2D eigenvalue weighted by Crippen LogP contribution is 2.46. The van der Waals surface area contributed by atoms with Gasteiger partial charge in [0.2, 0.25) is 0 Å². The Morgan fingerprint density at radius 1 is 1.30 bits per heavy atom. The number of carbonyl (C=O) groups is 1. The first-order chi connectivity index (χ1) is 10.7. The molecule has 0 radical (unpaired) electrons. The second-order valence-corrected chi connectivity index (χ2v) is 5.62. The summed E-state index contributed by atoms with van der Waals surface area (Å²) in [6.45, 7) is 1.69. The molecule has 1 aromatic carbocycles. The number of rotatable bonds is 7. The van der Waals surface area contributed by atoms with Gasteiger partial charge in [-0.15, -0.1) is 0 Å². The summed E-state index contributed by atoms with van der Waals surface area (Å²) in [5.41, 5.74) is -0.654. The lowest BCUT2D eigenvalue weighted by atomic mass is 9.74. The van der Waals surface area contributed by atoms with Crippen LogP contribution >= 0.6 is 0 Å². The van der Waals surface area contributed by atoms with Gasteiger partial charge >= 0.3 is 12.1 Å². The molecule has 1 N–H and O–H groups in total. The van der Waals surface area contributed by atoms with E-state index in [0.717, 1.165) is 18.6 Å². The first-order valence-electron chi connectivity index (χ1n) is 7.42. The molecule has 0 spiro atoms. The molecule has 1 saturated carbocycles. The minimum Gasteiger partial charge on any atom is -0.481 e. The standard InChI is InChI=1S/C16H19F3O4/c1-11(22-10-7-14(20)21)23-15(8-2-9-15)12-3-5-13(6-4-12)16(17,18)19/h3-6,11H,2,7-10H2,1H3,(H,20,21). The molecule has 0 bridgehead atoms. The monoisotopic (exact) mass is 332 g/mol. The maximum absolute atomic E-state index is 12.6. The van der Waals surface area contributed by atoms with Crippen molar-refractivity contribution in [1.82, 2.24) is 0 Å². The topological polar surface area (TPSA) is 55.8 Å². The zero-order valence-corrected chi connectivity index (χ0v) is 12.7. The van der Waals surface area contributed by atoms with Crippen molar-refractivity contribution in [2.45, 2.75) is 50.7 Å². The predicted octanol–water partition coefficient (Wildman–Crippen LogP) is 3.94. The van der Waals surface area contributed by atoms with Crippen molar-refractivity contribution in [1.29, 1.82) is 0 Å². The van der Waals surface area contributed by atoms with Crippen molar-refractivity contribution in [3.63, 3.8) is 0 Å². The normalized spacial score (nSPS) is 18.3. The van der Waals surface area contributed by atoms with Gasteiger partial charge in [-0.25, -0.2) is 0 Å². The van der Waals surface area contributed by atoms with Crippen molar-refractivity contribution >= 4 is 5.97 Å². The lowest BCUT2D eigenvalue weighted by Crippen LogP contribution is -2.40. The van der Waals surface area contributed by atoms with E-state index in [1.54, 1.807) is 6.92 Å². The quantitative estimate of drug-likeness (QED) is 0.769. The first-order valence-corrected chi connectivity index (χ1v) is 7.42. The molecule has 1 fully saturated rings. The van der Waals surface area contributed by atoms with Crippen LogP contribution in [0.4, 0.5) is 13.2 Å². The number of carboxylic acid groups (broad SMARTS) is 1. The average molecular weight is 332 g/mol. The summed E-state index contributed by atoms with van der Waals surface area (Å²) in [4.78, 5) is 10.5. The van der Waals surface area contributed by atoms with Gasteiger partial charge in [-0.1, -0.05) is 12.1 Å². The third-order valence-corrected chi connectivity index (χ3v) is 3.96. The lowest BCUT2D eigenvalue weighted by Gasteiger charge is -2.43. The number of carboxylic acids is 1. The Morgan fingerprint density at radius 3 is 2.35 bits per heavy atom. The molecule has 23 heavy (non-hydrogen) atoms. The Labute approximate surface area is 132 Å². The molecule has 0 aromatic heterocycles. The second kappa shape index (κ2) is 6.88. The molecule has 1 atom stereocenters. The van der Waals surface area contributed by atoms with Crippen LogP contribution < -0.4 is 0 Å². The summed E-state index contributed by atoms with van der Waals surface area (Å²) in [5, 5.41) is 8.57. The van der Waals surface area contributed by atoms with Gasteiger partial charge in [0.25, 0.3) is 0 Å². The Bertz CT molecular complexity index is 535. The van der Waals surface area contributed by atoms with Crippen molar-refractivity contribution in [2.24, 2.45) is 0 Å². The Hall–Kier alpha value is -1.60. The van der Waals surface area contributed by atoms with Crippen LogP contribution in [0.5, 0.6) is 0 Å². The summed E-state index contributed by atoms with van der Waals surface area (Å²) in [7, 11) is 0. The summed E-state index contributed by atoms with van der Waals surface area (Å²) in [6, 6.07) is 4.97. The maximum atomic E-state index is 12.6. The fraction of sp³-hybridized carbons (Fsp3) is 0.562. The van der Waals surface area contributed by atoms with Crippen molar-refractivity contribution in [3.8, 4) is 0 Å². The van der Waals surface area contributed by atoms with Gasteiger partial charge in [-0.05, 0) is 43.9 Å². The van der Waals surface area contributed by atoms with Crippen LogP contribution in [-0.2, 0) is 26.0 Å². The Kier molecular flexibility index (Phi) is 5.31. The summed E-state index contributed by atoms with van der Waals surface area (Å²) in [5.74, 6) is -0.960. The van der Waals surface area contributed by atoms with Crippen molar-refractivity contribution < 1.29 is 32.5 Å². The van der Waals surface area contributed by atoms with Gasteiger partial charge < -0.3 is 14.6 Å². The molecule has 1 aromatic rings. The highest BCUT2D eigenvalue weighted by molar-refractivity contribution is 5.66. The molecule has 0 saturated heterocycles. The van der Waals surface area contributed by atoms with E-state index in [2.05, 4.69) is 0 Å². The largest absolute Gasteiger partial charge is 0.481 e. The van der Waals surface area contributed by atoms with Gasteiger partial charge in [0.15, 0.2) is 6.29 Å². The minimum atomic E-state index is -4.36. The lowest BCUT2D eigenvalue weighted by molar-refractivity contribution is -0.232. The molecular formula is C16H19F3O4. The fourth-order valence-electron chi connectivity index (χ4n) is 2.60. The van der Waals surface area contributed by atoms with Crippen LogP contribution in [-0.4, -0.2) is 24.0 Å². The fourth-order valence-corrected chi connectivity index (χ4v) is 2.60. The Balaban J connectivity index is 2.01. The smallest absolute Gasteiger partial charge is 0.416 e. The number of hydrogen-bond acceptors (Lipinski definition) is 3. The van der Waals surface area contributed by atoms with Gasteiger partial charge in [0.05, 0.1) is 24.2 Å². The number of alkyl halides is 3. The van der Waals surface area contributed by atoms with Crippen LogP contribution in [0.15, 0.2) is 24.3 Å². The molecular weight excluding hydrogens is 313 g/mol. The van der Waals surface area contributed by atoms with E-state index in [4.69, 9.17) is 14.6 Å². The van der Waals surface area contributed by atoms with Crippen LogP contribution in [0, 0.1) is 0 Å². The zero-order valence-electron chi connectivity index (χ0n) is 12.7. The van der Waals surface area contributed by atoms with Crippen molar-refractivity contribution in [2.75, 3.05) is 6.61 Å². The molecule has 0 heterocycles. The van der Waals surface area contributed by atoms with E-state index < -0.39 is 29.6 Å². The summed E-state index contributed by atoms with van der Waals surface area (Å²) in [6.07, 6.45) is -2.80. The summed E-state index contributed by atoms with van der Waals surface area (Å²) >= 11 is 0. The number of benzene rings is 1. The number of hydrogen-bond donors (Lipinski definition) is 1. The average Bonchev–Trinajstić information content (AvgIpc) is 2.42. The third kappa shape index (κ3) is 4.45. The van der Waals surface area contributed by atoms with E-state index >= 15 is 0 Å². The van der Waals surface area contributed by atoms with Crippen LogP contribution in [0.3, 0.4) is 0 Å². The van der Waals surface area contributed by atoms with Gasteiger partial charge in [-0.2, -0.15) is 13.2 Å². The second-order valence-electron chi connectivity index (χ2n) is 5.62. The van der Waals surface area contributed by atoms with E-state index in [1.807, 2.05) is 0 Å². The summed E-state index contributed by atoms with van der Waals surface area (Å²) < 4.78 is 49.1. The van der Waals surface area contributed by atoms with Crippen LogP contribution in [0.2, 0.25) is 0 Å². The van der Waals surface area contributed by atoms with Gasteiger partial charge in [-0.3, -0.25) is 4.79 Å².